The Bertz CT molecular complexity index is 868. The van der Waals surface area contributed by atoms with Crippen molar-refractivity contribution in [3.05, 3.63) is 76.9 Å². The predicted octanol–water partition coefficient (Wildman–Crippen LogP) is 4.50. The Hall–Kier alpha value is -2.61. The van der Waals surface area contributed by atoms with Gasteiger partial charge >= 0.3 is 0 Å². The summed E-state index contributed by atoms with van der Waals surface area (Å²) >= 11 is 0. The predicted molar refractivity (Wildman–Crippen MR) is 90.5 cm³/mol. The van der Waals surface area contributed by atoms with Crippen molar-refractivity contribution in [3.63, 3.8) is 0 Å². The maximum atomic E-state index is 12.6. The number of carbonyl (C=O) groups is 1. The van der Waals surface area contributed by atoms with Crippen LogP contribution in [0.5, 0.6) is 0 Å². The van der Waals surface area contributed by atoms with Crippen molar-refractivity contribution in [1.29, 1.82) is 0 Å². The summed E-state index contributed by atoms with van der Waals surface area (Å²) in [4.78, 5) is 12.6. The summed E-state index contributed by atoms with van der Waals surface area (Å²) in [5, 5.41) is 5.34. The van der Waals surface area contributed by atoms with Crippen molar-refractivity contribution in [3.8, 4) is 0 Å². The second kappa shape index (κ2) is 4.99. The minimum Gasteiger partial charge on any atom is -0.322 e. The van der Waals surface area contributed by atoms with Crippen LogP contribution in [0.2, 0.25) is 0 Å². The minimum atomic E-state index is -0.0422. The zero-order valence-corrected chi connectivity index (χ0v) is 12.5. The van der Waals surface area contributed by atoms with Gasteiger partial charge in [-0.15, -0.1) is 0 Å². The number of hydrogen-bond acceptors (Lipinski definition) is 1. The maximum absolute atomic E-state index is 12.6. The summed E-state index contributed by atoms with van der Waals surface area (Å²) in [7, 11) is 0. The fourth-order valence-electron chi connectivity index (χ4n) is 3.28. The molecule has 0 atom stereocenters. The number of amides is 1. The van der Waals surface area contributed by atoms with E-state index >= 15 is 0 Å². The Balaban J connectivity index is 1.75. The van der Waals surface area contributed by atoms with Crippen LogP contribution in [0, 0.1) is 6.92 Å². The molecule has 0 saturated carbocycles. The van der Waals surface area contributed by atoms with Gasteiger partial charge in [0.1, 0.15) is 0 Å². The lowest BCUT2D eigenvalue weighted by molar-refractivity contribution is 0.102. The topological polar surface area (TPSA) is 29.1 Å². The van der Waals surface area contributed by atoms with Crippen LogP contribution in [0.4, 0.5) is 5.69 Å². The third kappa shape index (κ3) is 2.08. The van der Waals surface area contributed by atoms with Crippen molar-refractivity contribution in [2.75, 3.05) is 5.32 Å². The first-order valence-corrected chi connectivity index (χ1v) is 7.64. The quantitative estimate of drug-likeness (QED) is 0.738. The molecule has 1 N–H and O–H groups in total. The molecule has 0 spiro atoms. The Labute approximate surface area is 129 Å². The zero-order chi connectivity index (χ0) is 15.1. The summed E-state index contributed by atoms with van der Waals surface area (Å²) < 4.78 is 0. The van der Waals surface area contributed by atoms with E-state index in [2.05, 4.69) is 29.6 Å². The van der Waals surface area contributed by atoms with Crippen LogP contribution in [-0.2, 0) is 12.8 Å². The summed E-state index contributed by atoms with van der Waals surface area (Å²) in [6.07, 6.45) is 2.16. The molecule has 3 aromatic rings. The molecule has 0 bridgehead atoms. The SMILES string of the molecule is Cc1ccc(NC(=O)c2ccc3c4c(cccc24)CC3)cc1. The molecular formula is C20H17NO. The summed E-state index contributed by atoms with van der Waals surface area (Å²) in [5.41, 5.74) is 5.49. The molecule has 3 aromatic carbocycles. The van der Waals surface area contributed by atoms with Gasteiger partial charge in [0.15, 0.2) is 0 Å². The molecular weight excluding hydrogens is 270 g/mol. The van der Waals surface area contributed by atoms with E-state index in [4.69, 9.17) is 0 Å². The number of rotatable bonds is 2. The van der Waals surface area contributed by atoms with Gasteiger partial charge in [-0.1, -0.05) is 42.0 Å². The molecule has 0 saturated heterocycles. The second-order valence-electron chi connectivity index (χ2n) is 5.93. The molecule has 2 nitrogen and oxygen atoms in total. The molecule has 0 aromatic heterocycles. The van der Waals surface area contributed by atoms with Crippen LogP contribution in [0.1, 0.15) is 27.0 Å². The molecule has 0 aliphatic heterocycles. The van der Waals surface area contributed by atoms with Crippen molar-refractivity contribution in [2.45, 2.75) is 19.8 Å². The number of anilines is 1. The number of nitrogens with one attached hydrogen (secondary N) is 1. The molecule has 0 heterocycles. The van der Waals surface area contributed by atoms with E-state index in [9.17, 15) is 4.79 Å². The smallest absolute Gasteiger partial charge is 0.256 e. The number of hydrogen-bond donors (Lipinski definition) is 1. The highest BCUT2D eigenvalue weighted by Gasteiger charge is 2.18. The molecule has 0 fully saturated rings. The molecule has 0 radical (unpaired) electrons. The lowest BCUT2D eigenvalue weighted by Gasteiger charge is -2.10. The van der Waals surface area contributed by atoms with E-state index < -0.39 is 0 Å². The number of benzene rings is 3. The van der Waals surface area contributed by atoms with Gasteiger partial charge in [-0.05, 0) is 59.9 Å². The van der Waals surface area contributed by atoms with E-state index in [1.54, 1.807) is 0 Å². The van der Waals surface area contributed by atoms with Crippen LogP contribution in [0.3, 0.4) is 0 Å². The maximum Gasteiger partial charge on any atom is 0.256 e. The van der Waals surface area contributed by atoms with Crippen LogP contribution in [0.25, 0.3) is 10.8 Å². The molecule has 1 aliphatic carbocycles. The fraction of sp³-hybridized carbons (Fsp3) is 0.150. The zero-order valence-electron chi connectivity index (χ0n) is 12.5. The Morgan fingerprint density at radius 2 is 1.64 bits per heavy atom. The van der Waals surface area contributed by atoms with Crippen LogP contribution >= 0.6 is 0 Å². The number of aryl methyl sites for hydroxylation is 3. The third-order valence-electron chi connectivity index (χ3n) is 4.43. The molecule has 1 amide bonds. The summed E-state index contributed by atoms with van der Waals surface area (Å²) in [6, 6.07) is 18.2. The van der Waals surface area contributed by atoms with E-state index in [1.807, 2.05) is 37.3 Å². The molecule has 0 unspecified atom stereocenters. The summed E-state index contributed by atoms with van der Waals surface area (Å²) in [5.74, 6) is -0.0422. The molecule has 1 aliphatic rings. The van der Waals surface area contributed by atoms with Gasteiger partial charge in [0.05, 0.1) is 0 Å². The van der Waals surface area contributed by atoms with Gasteiger partial charge in [0.2, 0.25) is 0 Å². The van der Waals surface area contributed by atoms with E-state index in [-0.39, 0.29) is 5.91 Å². The van der Waals surface area contributed by atoms with Crippen molar-refractivity contribution < 1.29 is 4.79 Å². The standard InChI is InChI=1S/C20H17NO/c1-13-5-10-16(11-6-13)21-20(22)18-12-9-15-8-7-14-3-2-4-17(18)19(14)15/h2-6,9-12H,7-8H2,1H3,(H,21,22). The van der Waals surface area contributed by atoms with Crippen molar-refractivity contribution >= 4 is 22.4 Å². The molecule has 22 heavy (non-hydrogen) atoms. The third-order valence-corrected chi connectivity index (χ3v) is 4.43. The first-order valence-electron chi connectivity index (χ1n) is 7.64. The van der Waals surface area contributed by atoms with Gasteiger partial charge in [-0.3, -0.25) is 4.79 Å². The highest BCUT2D eigenvalue weighted by Crippen LogP contribution is 2.33. The van der Waals surface area contributed by atoms with Gasteiger partial charge < -0.3 is 5.32 Å². The largest absolute Gasteiger partial charge is 0.322 e. The molecule has 4 rings (SSSR count). The van der Waals surface area contributed by atoms with Crippen molar-refractivity contribution in [1.82, 2.24) is 0 Å². The molecule has 108 valence electrons. The average molecular weight is 287 g/mol. The highest BCUT2D eigenvalue weighted by molar-refractivity contribution is 6.14. The normalized spacial score (nSPS) is 12.6. The molecule has 2 heteroatoms. The lowest BCUT2D eigenvalue weighted by atomic mass is 9.99. The second-order valence-corrected chi connectivity index (χ2v) is 5.93. The van der Waals surface area contributed by atoms with Crippen LogP contribution < -0.4 is 5.32 Å². The van der Waals surface area contributed by atoms with E-state index in [1.165, 1.54) is 22.1 Å². The Morgan fingerprint density at radius 3 is 2.41 bits per heavy atom. The monoisotopic (exact) mass is 287 g/mol. The number of carbonyl (C=O) groups excluding carboxylic acids is 1. The van der Waals surface area contributed by atoms with Crippen molar-refractivity contribution in [2.24, 2.45) is 0 Å². The fourth-order valence-corrected chi connectivity index (χ4v) is 3.28. The Kier molecular flexibility index (Phi) is 2.97. The average Bonchev–Trinajstić information content (AvgIpc) is 2.95. The highest BCUT2D eigenvalue weighted by atomic mass is 16.1. The first-order chi connectivity index (χ1) is 10.7. The summed E-state index contributed by atoms with van der Waals surface area (Å²) in [6.45, 7) is 2.04. The lowest BCUT2D eigenvalue weighted by Crippen LogP contribution is -2.12. The van der Waals surface area contributed by atoms with Gasteiger partial charge in [-0.25, -0.2) is 0 Å². The minimum absolute atomic E-state index is 0.0422. The first kappa shape index (κ1) is 13.1. The van der Waals surface area contributed by atoms with Gasteiger partial charge in [0, 0.05) is 11.3 Å². The van der Waals surface area contributed by atoms with Gasteiger partial charge in [-0.2, -0.15) is 0 Å². The van der Waals surface area contributed by atoms with Gasteiger partial charge in [0.25, 0.3) is 5.91 Å². The Morgan fingerprint density at radius 1 is 0.909 bits per heavy atom. The van der Waals surface area contributed by atoms with E-state index in [0.29, 0.717) is 0 Å². The van der Waals surface area contributed by atoms with Crippen LogP contribution in [0.15, 0.2) is 54.6 Å². The van der Waals surface area contributed by atoms with Crippen LogP contribution in [-0.4, -0.2) is 5.91 Å². The van der Waals surface area contributed by atoms with E-state index in [0.717, 1.165) is 29.5 Å².